The van der Waals surface area contributed by atoms with Gasteiger partial charge in [0.05, 0.1) is 12.7 Å². The molecular weight excluding hydrogens is 304 g/mol. The highest BCUT2D eigenvalue weighted by molar-refractivity contribution is 5.90. The molecule has 2 N–H and O–H groups in total. The maximum absolute atomic E-state index is 11.6. The number of hydrogen-bond donors (Lipinski definition) is 2. The number of aryl methyl sites for hydroxylation is 1. The fourth-order valence-electron chi connectivity index (χ4n) is 2.20. The summed E-state index contributed by atoms with van der Waals surface area (Å²) in [6.45, 7) is 7.09. The van der Waals surface area contributed by atoms with Crippen LogP contribution in [0.2, 0.25) is 0 Å². The average molecular weight is 328 g/mol. The predicted octanol–water partition coefficient (Wildman–Crippen LogP) is 3.77. The Morgan fingerprint density at radius 1 is 1.21 bits per heavy atom. The van der Waals surface area contributed by atoms with Gasteiger partial charge in [0, 0.05) is 18.3 Å². The molecule has 0 saturated heterocycles. The summed E-state index contributed by atoms with van der Waals surface area (Å²) in [5.41, 5.74) is 1.26. The predicted molar refractivity (Wildman–Crippen MR) is 95.8 cm³/mol. The highest BCUT2D eigenvalue weighted by Crippen LogP contribution is 2.19. The molecule has 0 saturated carbocycles. The van der Waals surface area contributed by atoms with E-state index in [9.17, 15) is 4.79 Å². The molecule has 0 aliphatic heterocycles. The standard InChI is InChI=1S/C18H24N4O2/c1-12(2)8-9-19-16-11-17(21-13(3)20-16)22-15-7-5-6-14(10-15)18(23)24-4/h5-7,10-12H,8-9H2,1-4H3,(H2,19,20,21,22). The van der Waals surface area contributed by atoms with Gasteiger partial charge in [0.2, 0.25) is 0 Å². The van der Waals surface area contributed by atoms with Crippen LogP contribution in [0, 0.1) is 12.8 Å². The van der Waals surface area contributed by atoms with Crippen LogP contribution in [0.5, 0.6) is 0 Å². The second-order valence-corrected chi connectivity index (χ2v) is 5.99. The number of benzene rings is 1. The quantitative estimate of drug-likeness (QED) is 0.753. The van der Waals surface area contributed by atoms with Crippen molar-refractivity contribution in [1.29, 1.82) is 0 Å². The van der Waals surface area contributed by atoms with Crippen LogP contribution < -0.4 is 10.6 Å². The van der Waals surface area contributed by atoms with Gasteiger partial charge in [-0.25, -0.2) is 14.8 Å². The maximum atomic E-state index is 11.6. The second kappa shape index (κ2) is 8.29. The maximum Gasteiger partial charge on any atom is 0.337 e. The number of methoxy groups -OCH3 is 1. The largest absolute Gasteiger partial charge is 0.465 e. The molecule has 1 heterocycles. The lowest BCUT2D eigenvalue weighted by molar-refractivity contribution is 0.0601. The van der Waals surface area contributed by atoms with Crippen LogP contribution in [-0.2, 0) is 4.74 Å². The Bertz CT molecular complexity index is 701. The summed E-state index contributed by atoms with van der Waals surface area (Å²) < 4.78 is 4.74. The summed E-state index contributed by atoms with van der Waals surface area (Å²) in [5, 5.41) is 6.52. The Hall–Kier alpha value is -2.63. The second-order valence-electron chi connectivity index (χ2n) is 5.99. The van der Waals surface area contributed by atoms with Gasteiger partial charge in [0.1, 0.15) is 17.5 Å². The first-order valence-electron chi connectivity index (χ1n) is 8.03. The topological polar surface area (TPSA) is 76.1 Å². The molecule has 1 aromatic heterocycles. The number of esters is 1. The summed E-state index contributed by atoms with van der Waals surface area (Å²) >= 11 is 0. The van der Waals surface area contributed by atoms with Crippen molar-refractivity contribution < 1.29 is 9.53 Å². The fourth-order valence-corrected chi connectivity index (χ4v) is 2.20. The van der Waals surface area contributed by atoms with Crippen LogP contribution >= 0.6 is 0 Å². The Balaban J connectivity index is 2.12. The van der Waals surface area contributed by atoms with Crippen molar-refractivity contribution >= 4 is 23.3 Å². The van der Waals surface area contributed by atoms with E-state index in [1.54, 1.807) is 18.2 Å². The van der Waals surface area contributed by atoms with Gasteiger partial charge in [-0.15, -0.1) is 0 Å². The van der Waals surface area contributed by atoms with Crippen molar-refractivity contribution in [3.8, 4) is 0 Å². The summed E-state index contributed by atoms with van der Waals surface area (Å²) in [5.74, 6) is 2.41. The molecule has 2 aromatic rings. The molecule has 1 aromatic carbocycles. The zero-order chi connectivity index (χ0) is 17.5. The molecule has 0 amide bonds. The van der Waals surface area contributed by atoms with Gasteiger partial charge in [-0.2, -0.15) is 0 Å². The van der Waals surface area contributed by atoms with Crippen LogP contribution in [0.25, 0.3) is 0 Å². The van der Waals surface area contributed by atoms with Gasteiger partial charge >= 0.3 is 5.97 Å². The molecular formula is C18H24N4O2. The van der Waals surface area contributed by atoms with E-state index in [4.69, 9.17) is 4.74 Å². The number of carbonyl (C=O) groups excluding carboxylic acids is 1. The Kier molecular flexibility index (Phi) is 6.12. The van der Waals surface area contributed by atoms with Crippen LogP contribution in [0.15, 0.2) is 30.3 Å². The van der Waals surface area contributed by atoms with Crippen LogP contribution in [0.3, 0.4) is 0 Å². The molecule has 0 aliphatic rings. The Morgan fingerprint density at radius 2 is 1.96 bits per heavy atom. The van der Waals surface area contributed by atoms with Gasteiger partial charge < -0.3 is 15.4 Å². The lowest BCUT2D eigenvalue weighted by Crippen LogP contribution is -2.08. The average Bonchev–Trinajstić information content (AvgIpc) is 2.53. The van der Waals surface area contributed by atoms with E-state index in [-0.39, 0.29) is 5.97 Å². The third kappa shape index (κ3) is 5.22. The lowest BCUT2D eigenvalue weighted by atomic mass is 10.1. The van der Waals surface area contributed by atoms with Crippen molar-refractivity contribution in [2.75, 3.05) is 24.3 Å². The fraction of sp³-hybridized carbons (Fsp3) is 0.389. The smallest absolute Gasteiger partial charge is 0.337 e. The van der Waals surface area contributed by atoms with E-state index >= 15 is 0 Å². The summed E-state index contributed by atoms with van der Waals surface area (Å²) in [6, 6.07) is 8.97. The zero-order valence-electron chi connectivity index (χ0n) is 14.6. The van der Waals surface area contributed by atoms with Gasteiger partial charge in [0.25, 0.3) is 0 Å². The van der Waals surface area contributed by atoms with E-state index < -0.39 is 0 Å². The number of nitrogens with zero attached hydrogens (tertiary/aromatic N) is 2. The number of carbonyl (C=O) groups is 1. The van der Waals surface area contributed by atoms with E-state index in [0.717, 1.165) is 24.5 Å². The summed E-state index contributed by atoms with van der Waals surface area (Å²) in [6.07, 6.45) is 1.08. The summed E-state index contributed by atoms with van der Waals surface area (Å²) in [7, 11) is 1.37. The number of anilines is 3. The van der Waals surface area contributed by atoms with E-state index in [1.165, 1.54) is 7.11 Å². The molecule has 6 heteroatoms. The minimum atomic E-state index is -0.367. The first-order chi connectivity index (χ1) is 11.5. The van der Waals surface area contributed by atoms with Gasteiger partial charge in [-0.05, 0) is 37.5 Å². The van der Waals surface area contributed by atoms with Crippen LogP contribution in [0.1, 0.15) is 36.5 Å². The molecule has 0 radical (unpaired) electrons. The molecule has 2 rings (SSSR count). The van der Waals surface area contributed by atoms with E-state index in [1.807, 2.05) is 19.1 Å². The van der Waals surface area contributed by atoms with E-state index in [2.05, 4.69) is 34.4 Å². The van der Waals surface area contributed by atoms with Crippen molar-refractivity contribution in [3.63, 3.8) is 0 Å². The van der Waals surface area contributed by atoms with Crippen molar-refractivity contribution in [1.82, 2.24) is 9.97 Å². The number of nitrogens with one attached hydrogen (secondary N) is 2. The Morgan fingerprint density at radius 3 is 2.67 bits per heavy atom. The molecule has 0 aliphatic carbocycles. The molecule has 0 unspecified atom stereocenters. The molecule has 0 bridgehead atoms. The third-order valence-electron chi connectivity index (χ3n) is 3.42. The van der Waals surface area contributed by atoms with Crippen molar-refractivity contribution in [2.45, 2.75) is 27.2 Å². The van der Waals surface area contributed by atoms with Gasteiger partial charge in [-0.3, -0.25) is 0 Å². The number of ether oxygens (including phenoxy) is 1. The minimum Gasteiger partial charge on any atom is -0.465 e. The van der Waals surface area contributed by atoms with Crippen molar-refractivity contribution in [2.24, 2.45) is 5.92 Å². The van der Waals surface area contributed by atoms with Gasteiger partial charge in [0.15, 0.2) is 0 Å². The monoisotopic (exact) mass is 328 g/mol. The first kappa shape index (κ1) is 17.7. The molecule has 0 atom stereocenters. The molecule has 24 heavy (non-hydrogen) atoms. The molecule has 128 valence electrons. The SMILES string of the molecule is COC(=O)c1cccc(Nc2cc(NCCC(C)C)nc(C)n2)c1. The summed E-state index contributed by atoms with van der Waals surface area (Å²) in [4.78, 5) is 20.4. The normalized spacial score (nSPS) is 10.5. The third-order valence-corrected chi connectivity index (χ3v) is 3.42. The zero-order valence-corrected chi connectivity index (χ0v) is 14.6. The van der Waals surface area contributed by atoms with E-state index in [0.29, 0.717) is 23.1 Å². The van der Waals surface area contributed by atoms with Crippen LogP contribution in [0.4, 0.5) is 17.3 Å². The van der Waals surface area contributed by atoms with Gasteiger partial charge in [-0.1, -0.05) is 19.9 Å². The highest BCUT2D eigenvalue weighted by Gasteiger charge is 2.07. The molecule has 6 nitrogen and oxygen atoms in total. The molecule has 0 fully saturated rings. The number of rotatable bonds is 7. The van der Waals surface area contributed by atoms with Crippen molar-refractivity contribution in [3.05, 3.63) is 41.7 Å². The highest BCUT2D eigenvalue weighted by atomic mass is 16.5. The molecule has 0 spiro atoms. The Labute approximate surface area is 142 Å². The number of aromatic nitrogens is 2. The lowest BCUT2D eigenvalue weighted by Gasteiger charge is -2.11. The number of hydrogen-bond acceptors (Lipinski definition) is 6. The minimum absolute atomic E-state index is 0.367. The van der Waals surface area contributed by atoms with Crippen LogP contribution in [-0.4, -0.2) is 29.6 Å². The first-order valence-corrected chi connectivity index (χ1v) is 8.03.